The predicted molar refractivity (Wildman–Crippen MR) is 122 cm³/mol. The molecule has 2 aliphatic carbocycles. The number of hydrogen-bond acceptors (Lipinski definition) is 3. The first-order valence-electron chi connectivity index (χ1n) is 11.3. The summed E-state index contributed by atoms with van der Waals surface area (Å²) >= 11 is 0. The van der Waals surface area contributed by atoms with Crippen LogP contribution in [0.5, 0.6) is 0 Å². The van der Waals surface area contributed by atoms with Crippen molar-refractivity contribution in [2.45, 2.75) is 76.3 Å². The summed E-state index contributed by atoms with van der Waals surface area (Å²) in [6.45, 7) is 0. The zero-order valence-electron chi connectivity index (χ0n) is 17.3. The Bertz CT molecular complexity index is 731. The monoisotopic (exact) mass is 377 g/mol. The third-order valence-corrected chi connectivity index (χ3v) is 6.46. The largest absolute Gasteiger partial charge is 0.381 e. The molecule has 0 radical (unpaired) electrons. The molecule has 2 fully saturated rings. The summed E-state index contributed by atoms with van der Waals surface area (Å²) < 4.78 is 0. The van der Waals surface area contributed by atoms with Crippen molar-refractivity contribution >= 4 is 22.7 Å². The fourth-order valence-electron chi connectivity index (χ4n) is 4.72. The number of anilines is 4. The molecule has 4 rings (SSSR count). The van der Waals surface area contributed by atoms with Crippen LogP contribution in [0, 0.1) is 0 Å². The molecule has 0 aromatic heterocycles. The van der Waals surface area contributed by atoms with Gasteiger partial charge in [-0.3, -0.25) is 0 Å². The lowest BCUT2D eigenvalue weighted by Crippen LogP contribution is -2.26. The zero-order valence-corrected chi connectivity index (χ0v) is 17.3. The summed E-state index contributed by atoms with van der Waals surface area (Å²) in [6, 6.07) is 18.7. The maximum Gasteiger partial charge on any atom is 0.0599 e. The second-order valence-electron chi connectivity index (χ2n) is 8.58. The molecule has 0 amide bonds. The van der Waals surface area contributed by atoms with Gasteiger partial charge in [-0.15, -0.1) is 0 Å². The Kier molecular flexibility index (Phi) is 6.41. The molecule has 28 heavy (non-hydrogen) atoms. The van der Waals surface area contributed by atoms with Crippen molar-refractivity contribution < 1.29 is 0 Å². The van der Waals surface area contributed by atoms with Crippen LogP contribution in [-0.4, -0.2) is 19.1 Å². The van der Waals surface area contributed by atoms with Crippen LogP contribution in [-0.2, 0) is 0 Å². The molecule has 0 heterocycles. The lowest BCUT2D eigenvalue weighted by Gasteiger charge is -2.30. The van der Waals surface area contributed by atoms with Gasteiger partial charge in [0.2, 0.25) is 0 Å². The van der Waals surface area contributed by atoms with Gasteiger partial charge in [0, 0.05) is 30.5 Å². The summed E-state index contributed by atoms with van der Waals surface area (Å²) in [5.74, 6) is 0. The molecule has 0 unspecified atom stereocenters. The highest BCUT2D eigenvalue weighted by Crippen LogP contribution is 2.34. The molecule has 2 aliphatic rings. The van der Waals surface area contributed by atoms with Crippen LogP contribution in [0.1, 0.15) is 64.2 Å². The van der Waals surface area contributed by atoms with Crippen molar-refractivity contribution in [1.82, 2.24) is 0 Å². The summed E-state index contributed by atoms with van der Waals surface area (Å²) in [5.41, 5.74) is 5.01. The van der Waals surface area contributed by atoms with Gasteiger partial charge in [0.05, 0.1) is 11.4 Å². The van der Waals surface area contributed by atoms with Gasteiger partial charge >= 0.3 is 0 Å². The Morgan fingerprint density at radius 3 is 1.82 bits per heavy atom. The van der Waals surface area contributed by atoms with Gasteiger partial charge in [-0.05, 0) is 56.0 Å². The number of hydrogen-bond donors (Lipinski definition) is 2. The fourth-order valence-corrected chi connectivity index (χ4v) is 4.72. The van der Waals surface area contributed by atoms with Crippen LogP contribution < -0.4 is 15.5 Å². The maximum atomic E-state index is 3.90. The van der Waals surface area contributed by atoms with Gasteiger partial charge in [-0.1, -0.05) is 56.7 Å². The van der Waals surface area contributed by atoms with Gasteiger partial charge in [0.1, 0.15) is 0 Å². The lowest BCUT2D eigenvalue weighted by molar-refractivity contribution is 0.460. The molecule has 2 aromatic rings. The summed E-state index contributed by atoms with van der Waals surface area (Å²) in [6.07, 6.45) is 13.4. The third-order valence-electron chi connectivity index (χ3n) is 6.46. The Morgan fingerprint density at radius 1 is 0.643 bits per heavy atom. The van der Waals surface area contributed by atoms with Crippen molar-refractivity contribution in [3.8, 4) is 0 Å². The molecule has 2 saturated carbocycles. The molecule has 2 aromatic carbocycles. The van der Waals surface area contributed by atoms with Gasteiger partial charge in [0.15, 0.2) is 0 Å². The maximum absolute atomic E-state index is 3.90. The molecule has 150 valence electrons. The summed E-state index contributed by atoms with van der Waals surface area (Å²) in [5, 5.41) is 7.76. The first-order chi connectivity index (χ1) is 13.8. The van der Waals surface area contributed by atoms with Crippen LogP contribution in [0.25, 0.3) is 0 Å². The SMILES string of the molecule is CN(c1ccccc1)c1ccc(NC2CCCCC2)c(NC2CCCCC2)c1. The standard InChI is InChI=1S/C25H35N3/c1-28(22-15-9-4-10-16-22)23-17-18-24(26-20-11-5-2-6-12-20)25(19-23)27-21-13-7-3-8-14-21/h4,9-10,15-21,26-27H,2-3,5-8,11-14H2,1H3. The Labute approximate surface area is 170 Å². The van der Waals surface area contributed by atoms with Crippen molar-refractivity contribution in [3.63, 3.8) is 0 Å². The van der Waals surface area contributed by atoms with Gasteiger partial charge in [-0.25, -0.2) is 0 Å². The minimum absolute atomic E-state index is 0.609. The highest BCUT2D eigenvalue weighted by Gasteiger charge is 2.18. The van der Waals surface area contributed by atoms with Crippen LogP contribution in [0.2, 0.25) is 0 Å². The average Bonchev–Trinajstić information content (AvgIpc) is 2.76. The summed E-state index contributed by atoms with van der Waals surface area (Å²) in [4.78, 5) is 2.27. The predicted octanol–water partition coefficient (Wildman–Crippen LogP) is 6.94. The van der Waals surface area contributed by atoms with Gasteiger partial charge < -0.3 is 15.5 Å². The summed E-state index contributed by atoms with van der Waals surface area (Å²) in [7, 11) is 2.16. The van der Waals surface area contributed by atoms with E-state index in [0.29, 0.717) is 12.1 Å². The van der Waals surface area contributed by atoms with E-state index in [4.69, 9.17) is 0 Å². The number of para-hydroxylation sites is 1. The van der Waals surface area contributed by atoms with Crippen LogP contribution >= 0.6 is 0 Å². The number of nitrogens with zero attached hydrogens (tertiary/aromatic N) is 1. The Morgan fingerprint density at radius 2 is 1.21 bits per heavy atom. The average molecular weight is 378 g/mol. The van der Waals surface area contributed by atoms with E-state index in [2.05, 4.69) is 71.1 Å². The second-order valence-corrected chi connectivity index (χ2v) is 8.58. The van der Waals surface area contributed by atoms with Crippen LogP contribution in [0.4, 0.5) is 22.7 Å². The van der Waals surface area contributed by atoms with E-state index >= 15 is 0 Å². The first kappa shape index (κ1) is 19.2. The van der Waals surface area contributed by atoms with Gasteiger partial charge in [-0.2, -0.15) is 0 Å². The highest BCUT2D eigenvalue weighted by molar-refractivity contribution is 5.77. The van der Waals surface area contributed by atoms with Crippen molar-refractivity contribution in [1.29, 1.82) is 0 Å². The molecular formula is C25H35N3. The topological polar surface area (TPSA) is 27.3 Å². The molecule has 2 N–H and O–H groups in total. The van der Waals surface area contributed by atoms with Crippen molar-refractivity contribution in [2.24, 2.45) is 0 Å². The lowest BCUT2D eigenvalue weighted by atomic mass is 9.94. The Hall–Kier alpha value is -2.16. The molecule has 0 spiro atoms. The third kappa shape index (κ3) is 4.81. The van der Waals surface area contributed by atoms with E-state index in [-0.39, 0.29) is 0 Å². The zero-order chi connectivity index (χ0) is 19.2. The normalized spacial score (nSPS) is 18.6. The van der Waals surface area contributed by atoms with E-state index in [1.54, 1.807) is 0 Å². The molecule has 3 nitrogen and oxygen atoms in total. The highest BCUT2D eigenvalue weighted by atomic mass is 15.1. The molecule has 0 saturated heterocycles. The van der Waals surface area contributed by atoms with E-state index < -0.39 is 0 Å². The smallest absolute Gasteiger partial charge is 0.0599 e. The second kappa shape index (κ2) is 9.36. The Balaban J connectivity index is 1.57. The minimum atomic E-state index is 0.609. The number of benzene rings is 2. The van der Waals surface area contributed by atoms with E-state index in [0.717, 1.165) is 0 Å². The fraction of sp³-hybridized carbons (Fsp3) is 0.520. The molecule has 0 bridgehead atoms. The van der Waals surface area contributed by atoms with E-state index in [1.165, 1.54) is 87.0 Å². The van der Waals surface area contributed by atoms with Crippen LogP contribution in [0.3, 0.4) is 0 Å². The molecule has 3 heteroatoms. The van der Waals surface area contributed by atoms with E-state index in [9.17, 15) is 0 Å². The number of nitrogens with one attached hydrogen (secondary N) is 2. The molecule has 0 aliphatic heterocycles. The van der Waals surface area contributed by atoms with E-state index in [1.807, 2.05) is 0 Å². The minimum Gasteiger partial charge on any atom is -0.381 e. The molecular weight excluding hydrogens is 342 g/mol. The first-order valence-corrected chi connectivity index (χ1v) is 11.3. The van der Waals surface area contributed by atoms with Gasteiger partial charge in [0.25, 0.3) is 0 Å². The van der Waals surface area contributed by atoms with Crippen molar-refractivity contribution in [2.75, 3.05) is 22.6 Å². The molecule has 0 atom stereocenters. The van der Waals surface area contributed by atoms with Crippen molar-refractivity contribution in [3.05, 3.63) is 48.5 Å². The van der Waals surface area contributed by atoms with Crippen LogP contribution in [0.15, 0.2) is 48.5 Å². The quantitative estimate of drug-likeness (QED) is 0.570. The number of rotatable bonds is 6.